The van der Waals surface area contributed by atoms with E-state index in [4.69, 9.17) is 5.11 Å². The standard InChI is InChI=1S/C17H22N4O2/c1-2-4-16-18-9-13-10-20(8-6-15(13)19-16)11-14-5-3-7-21(14)12-17(22)23/h3,5,7,9H,2,4,6,8,10-12H2,1H3,(H,22,23). The monoisotopic (exact) mass is 314 g/mol. The summed E-state index contributed by atoms with van der Waals surface area (Å²) in [7, 11) is 0. The van der Waals surface area contributed by atoms with Crippen LogP contribution in [0, 0.1) is 0 Å². The van der Waals surface area contributed by atoms with E-state index in [0.29, 0.717) is 0 Å². The zero-order valence-electron chi connectivity index (χ0n) is 13.4. The summed E-state index contributed by atoms with van der Waals surface area (Å²) in [6, 6.07) is 3.88. The lowest BCUT2D eigenvalue weighted by molar-refractivity contribution is -0.137. The van der Waals surface area contributed by atoms with E-state index in [2.05, 4.69) is 21.8 Å². The number of nitrogens with zero attached hydrogens (tertiary/aromatic N) is 4. The number of fused-ring (bicyclic) bond motifs is 1. The molecule has 0 aliphatic carbocycles. The third-order valence-corrected chi connectivity index (χ3v) is 4.15. The number of rotatable bonds is 6. The molecule has 2 aromatic heterocycles. The van der Waals surface area contributed by atoms with Crippen molar-refractivity contribution in [1.82, 2.24) is 19.4 Å². The predicted molar refractivity (Wildman–Crippen MR) is 85.9 cm³/mol. The van der Waals surface area contributed by atoms with E-state index in [-0.39, 0.29) is 6.54 Å². The van der Waals surface area contributed by atoms with Gasteiger partial charge in [-0.15, -0.1) is 0 Å². The maximum absolute atomic E-state index is 10.9. The molecule has 6 nitrogen and oxygen atoms in total. The van der Waals surface area contributed by atoms with Crippen LogP contribution in [0.2, 0.25) is 0 Å². The Balaban J connectivity index is 1.68. The molecule has 2 aromatic rings. The van der Waals surface area contributed by atoms with Gasteiger partial charge in [0.05, 0.1) is 0 Å². The second kappa shape index (κ2) is 6.91. The van der Waals surface area contributed by atoms with Gasteiger partial charge in [-0.25, -0.2) is 9.97 Å². The molecule has 3 heterocycles. The molecule has 0 bridgehead atoms. The van der Waals surface area contributed by atoms with Gasteiger partial charge in [-0.1, -0.05) is 6.92 Å². The van der Waals surface area contributed by atoms with Crippen LogP contribution in [0.4, 0.5) is 0 Å². The van der Waals surface area contributed by atoms with Gasteiger partial charge in [0.2, 0.25) is 0 Å². The lowest BCUT2D eigenvalue weighted by atomic mass is 10.1. The van der Waals surface area contributed by atoms with Crippen LogP contribution in [0.5, 0.6) is 0 Å². The SMILES string of the molecule is CCCc1ncc2c(n1)CCN(Cc1cccn1CC(=O)O)C2. The molecule has 1 N–H and O–H groups in total. The molecule has 0 atom stereocenters. The zero-order chi connectivity index (χ0) is 16.2. The van der Waals surface area contributed by atoms with E-state index in [9.17, 15) is 4.79 Å². The minimum Gasteiger partial charge on any atom is -0.480 e. The van der Waals surface area contributed by atoms with Crippen molar-refractivity contribution in [2.45, 2.75) is 45.8 Å². The first-order valence-corrected chi connectivity index (χ1v) is 8.07. The number of carboxylic acid groups (broad SMARTS) is 1. The molecule has 6 heteroatoms. The summed E-state index contributed by atoms with van der Waals surface area (Å²) in [6.45, 7) is 4.65. The minimum absolute atomic E-state index is 0.0102. The van der Waals surface area contributed by atoms with Crippen molar-refractivity contribution in [2.24, 2.45) is 0 Å². The number of carbonyl (C=O) groups is 1. The van der Waals surface area contributed by atoms with E-state index in [1.54, 1.807) is 4.57 Å². The Morgan fingerprint density at radius 1 is 1.43 bits per heavy atom. The lowest BCUT2D eigenvalue weighted by Gasteiger charge is -2.28. The van der Waals surface area contributed by atoms with Gasteiger partial charge in [0.25, 0.3) is 0 Å². The Labute approximate surface area is 135 Å². The topological polar surface area (TPSA) is 71.2 Å². The molecule has 3 rings (SSSR count). The zero-order valence-corrected chi connectivity index (χ0v) is 13.4. The largest absolute Gasteiger partial charge is 0.480 e. The van der Waals surface area contributed by atoms with Gasteiger partial charge in [-0.3, -0.25) is 9.69 Å². The van der Waals surface area contributed by atoms with Crippen molar-refractivity contribution in [3.63, 3.8) is 0 Å². The average molecular weight is 314 g/mol. The van der Waals surface area contributed by atoms with Gasteiger partial charge >= 0.3 is 5.97 Å². The van der Waals surface area contributed by atoms with E-state index in [0.717, 1.165) is 50.4 Å². The molecule has 0 saturated heterocycles. The van der Waals surface area contributed by atoms with Crippen LogP contribution in [0.15, 0.2) is 24.5 Å². The molecule has 0 radical (unpaired) electrons. The van der Waals surface area contributed by atoms with Crippen LogP contribution in [-0.2, 0) is 37.3 Å². The Kier molecular flexibility index (Phi) is 4.71. The molecule has 0 spiro atoms. The van der Waals surface area contributed by atoms with Crippen LogP contribution < -0.4 is 0 Å². The number of carboxylic acids is 1. The quantitative estimate of drug-likeness (QED) is 0.881. The predicted octanol–water partition coefficient (Wildman–Crippen LogP) is 1.87. The van der Waals surface area contributed by atoms with Crippen molar-refractivity contribution in [3.8, 4) is 0 Å². The van der Waals surface area contributed by atoms with Gasteiger partial charge in [0, 0.05) is 61.8 Å². The Hall–Kier alpha value is -2.21. The van der Waals surface area contributed by atoms with Crippen LogP contribution in [0.3, 0.4) is 0 Å². The molecular weight excluding hydrogens is 292 g/mol. The molecule has 0 aromatic carbocycles. The molecule has 122 valence electrons. The summed E-state index contributed by atoms with van der Waals surface area (Å²) in [5, 5.41) is 8.96. The van der Waals surface area contributed by atoms with Crippen molar-refractivity contribution in [2.75, 3.05) is 6.54 Å². The van der Waals surface area contributed by atoms with Gasteiger partial charge in [-0.2, -0.15) is 0 Å². The summed E-state index contributed by atoms with van der Waals surface area (Å²) in [5.74, 6) is 0.123. The van der Waals surface area contributed by atoms with Crippen LogP contribution >= 0.6 is 0 Å². The molecule has 1 aliphatic rings. The van der Waals surface area contributed by atoms with Gasteiger partial charge in [-0.05, 0) is 18.6 Å². The highest BCUT2D eigenvalue weighted by molar-refractivity contribution is 5.66. The Morgan fingerprint density at radius 2 is 2.30 bits per heavy atom. The number of hydrogen-bond acceptors (Lipinski definition) is 4. The first-order chi connectivity index (χ1) is 11.2. The van der Waals surface area contributed by atoms with Gasteiger partial charge < -0.3 is 9.67 Å². The summed E-state index contributed by atoms with van der Waals surface area (Å²) in [4.78, 5) is 22.3. The normalized spacial score (nSPS) is 14.7. The average Bonchev–Trinajstić information content (AvgIpc) is 2.94. The fourth-order valence-electron chi connectivity index (χ4n) is 3.02. The maximum Gasteiger partial charge on any atom is 0.323 e. The van der Waals surface area contributed by atoms with Crippen molar-refractivity contribution in [3.05, 3.63) is 47.3 Å². The van der Waals surface area contributed by atoms with Crippen LogP contribution in [0.1, 0.15) is 36.1 Å². The lowest BCUT2D eigenvalue weighted by Crippen LogP contribution is -2.32. The smallest absolute Gasteiger partial charge is 0.323 e. The summed E-state index contributed by atoms with van der Waals surface area (Å²) < 4.78 is 1.79. The summed E-state index contributed by atoms with van der Waals surface area (Å²) in [6.07, 6.45) is 6.69. The van der Waals surface area contributed by atoms with Gasteiger partial charge in [0.1, 0.15) is 12.4 Å². The molecule has 0 unspecified atom stereocenters. The Morgan fingerprint density at radius 3 is 3.09 bits per heavy atom. The third kappa shape index (κ3) is 3.76. The molecule has 0 saturated carbocycles. The highest BCUT2D eigenvalue weighted by atomic mass is 16.4. The van der Waals surface area contributed by atoms with Crippen molar-refractivity contribution < 1.29 is 9.90 Å². The van der Waals surface area contributed by atoms with E-state index in [1.165, 1.54) is 11.3 Å². The first kappa shape index (κ1) is 15.7. The van der Waals surface area contributed by atoms with E-state index in [1.807, 2.05) is 24.5 Å². The second-order valence-electron chi connectivity index (χ2n) is 5.99. The molecule has 0 amide bonds. The highest BCUT2D eigenvalue weighted by Gasteiger charge is 2.19. The maximum atomic E-state index is 10.9. The molecule has 0 fully saturated rings. The van der Waals surface area contributed by atoms with Gasteiger partial charge in [0.15, 0.2) is 0 Å². The summed E-state index contributed by atoms with van der Waals surface area (Å²) >= 11 is 0. The summed E-state index contributed by atoms with van der Waals surface area (Å²) in [5.41, 5.74) is 3.38. The number of aliphatic carboxylic acids is 1. The van der Waals surface area contributed by atoms with E-state index < -0.39 is 5.97 Å². The van der Waals surface area contributed by atoms with Crippen LogP contribution in [0.25, 0.3) is 0 Å². The minimum atomic E-state index is -0.816. The number of hydrogen-bond donors (Lipinski definition) is 1. The third-order valence-electron chi connectivity index (χ3n) is 4.15. The van der Waals surface area contributed by atoms with Crippen molar-refractivity contribution in [1.29, 1.82) is 0 Å². The highest BCUT2D eigenvalue weighted by Crippen LogP contribution is 2.19. The van der Waals surface area contributed by atoms with E-state index >= 15 is 0 Å². The first-order valence-electron chi connectivity index (χ1n) is 8.07. The van der Waals surface area contributed by atoms with Crippen LogP contribution in [-0.4, -0.2) is 37.1 Å². The molecule has 23 heavy (non-hydrogen) atoms. The fourth-order valence-corrected chi connectivity index (χ4v) is 3.02. The molecule has 1 aliphatic heterocycles. The molecular formula is C17H22N4O2. The fraction of sp³-hybridized carbons (Fsp3) is 0.471. The Bertz CT molecular complexity index is 696. The van der Waals surface area contributed by atoms with Crippen molar-refractivity contribution >= 4 is 5.97 Å². The number of aryl methyl sites for hydroxylation is 1. The second-order valence-corrected chi connectivity index (χ2v) is 5.99. The number of aromatic nitrogens is 3.